The molecule has 2 aromatic heterocycles. The van der Waals surface area contributed by atoms with Gasteiger partial charge >= 0.3 is 13.8 Å². The van der Waals surface area contributed by atoms with Crippen molar-refractivity contribution in [2.45, 2.75) is 31.5 Å². The van der Waals surface area contributed by atoms with Crippen LogP contribution < -0.4 is 5.73 Å². The lowest BCUT2D eigenvalue weighted by molar-refractivity contribution is -0.150. The number of esters is 1. The minimum atomic E-state index is -4.02. The van der Waals surface area contributed by atoms with Gasteiger partial charge in [0.2, 0.25) is 6.79 Å². The first-order valence-corrected chi connectivity index (χ1v) is 9.31. The fraction of sp³-hybridized carbons (Fsp3) is 0.538. The van der Waals surface area contributed by atoms with Gasteiger partial charge in [0.15, 0.2) is 17.7 Å². The number of phosphoric ester groups is 1. The number of carbonyl (C=O) groups excluding carboxylic acids is 1. The van der Waals surface area contributed by atoms with E-state index in [9.17, 15) is 14.5 Å². The van der Waals surface area contributed by atoms with Crippen molar-refractivity contribution in [1.29, 1.82) is 0 Å². The SMILES string of the molecule is CC(=O)OCO[P@]1(=O)OC[C@H]2O[C@@H](n3cnc4c(N)ncnc43)[C@H](O)[C@@H]2O1. The van der Waals surface area contributed by atoms with Gasteiger partial charge in [-0.3, -0.25) is 18.4 Å². The van der Waals surface area contributed by atoms with Crippen LogP contribution >= 0.6 is 7.82 Å². The fourth-order valence-electron chi connectivity index (χ4n) is 2.86. The Kier molecular flexibility index (Phi) is 4.58. The Morgan fingerprint density at radius 2 is 2.30 bits per heavy atom. The maximum Gasteiger partial charge on any atom is 0.478 e. The molecule has 0 aliphatic carbocycles. The van der Waals surface area contributed by atoms with Crippen LogP contribution in [0.25, 0.3) is 11.2 Å². The zero-order chi connectivity index (χ0) is 19.2. The molecule has 4 rings (SSSR count). The molecule has 0 bridgehead atoms. The lowest BCUT2D eigenvalue weighted by Gasteiger charge is -2.30. The molecule has 0 aromatic carbocycles. The molecule has 0 saturated carbocycles. The molecule has 2 aliphatic heterocycles. The maximum atomic E-state index is 12.5. The number of hydrogen-bond donors (Lipinski definition) is 2. The summed E-state index contributed by atoms with van der Waals surface area (Å²) in [5.41, 5.74) is 6.48. The molecule has 146 valence electrons. The van der Waals surface area contributed by atoms with E-state index < -0.39 is 45.1 Å². The van der Waals surface area contributed by atoms with Crippen LogP contribution in [-0.2, 0) is 32.4 Å². The first-order valence-electron chi connectivity index (χ1n) is 7.85. The summed E-state index contributed by atoms with van der Waals surface area (Å²) in [7, 11) is -4.02. The summed E-state index contributed by atoms with van der Waals surface area (Å²) >= 11 is 0. The van der Waals surface area contributed by atoms with Crippen molar-refractivity contribution < 1.29 is 37.5 Å². The summed E-state index contributed by atoms with van der Waals surface area (Å²) < 4.78 is 39.6. The van der Waals surface area contributed by atoms with Crippen LogP contribution in [-0.4, -0.2) is 62.3 Å². The van der Waals surface area contributed by atoms with E-state index in [1.807, 2.05) is 0 Å². The predicted octanol–water partition coefficient (Wildman–Crippen LogP) is -0.273. The topological polar surface area (TPSA) is 170 Å². The van der Waals surface area contributed by atoms with Gasteiger partial charge in [0.25, 0.3) is 0 Å². The van der Waals surface area contributed by atoms with E-state index in [-0.39, 0.29) is 12.4 Å². The van der Waals surface area contributed by atoms with E-state index in [0.717, 1.165) is 0 Å². The fourth-order valence-corrected chi connectivity index (χ4v) is 4.12. The number of anilines is 1. The molecule has 0 spiro atoms. The van der Waals surface area contributed by atoms with Gasteiger partial charge in [-0.25, -0.2) is 24.0 Å². The predicted molar refractivity (Wildman–Crippen MR) is 85.8 cm³/mol. The maximum absolute atomic E-state index is 12.5. The van der Waals surface area contributed by atoms with E-state index >= 15 is 0 Å². The van der Waals surface area contributed by atoms with Gasteiger partial charge in [0.05, 0.1) is 12.9 Å². The van der Waals surface area contributed by atoms with Crippen molar-refractivity contribution in [3.8, 4) is 0 Å². The summed E-state index contributed by atoms with van der Waals surface area (Å²) in [4.78, 5) is 22.8. The molecular formula is C13H16N5O8P. The number of aliphatic hydroxyl groups is 1. The highest BCUT2D eigenvalue weighted by Gasteiger charge is 2.53. The molecule has 4 heterocycles. The molecule has 2 saturated heterocycles. The lowest BCUT2D eigenvalue weighted by atomic mass is 10.1. The molecular weight excluding hydrogens is 385 g/mol. The van der Waals surface area contributed by atoms with Crippen molar-refractivity contribution in [2.24, 2.45) is 0 Å². The van der Waals surface area contributed by atoms with Gasteiger partial charge < -0.3 is 20.3 Å². The summed E-state index contributed by atoms with van der Waals surface area (Å²) in [6.07, 6.45) is -1.19. The second-order valence-electron chi connectivity index (χ2n) is 5.83. The molecule has 3 N–H and O–H groups in total. The summed E-state index contributed by atoms with van der Waals surface area (Å²) in [5, 5.41) is 10.6. The Morgan fingerprint density at radius 3 is 3.07 bits per heavy atom. The molecule has 0 amide bonds. The molecule has 27 heavy (non-hydrogen) atoms. The number of nitrogens with zero attached hydrogens (tertiary/aromatic N) is 4. The number of aromatic nitrogens is 4. The normalized spacial score (nSPS) is 33.1. The van der Waals surface area contributed by atoms with Crippen LogP contribution in [0.3, 0.4) is 0 Å². The molecule has 13 nitrogen and oxygen atoms in total. The first-order chi connectivity index (χ1) is 12.9. The average molecular weight is 401 g/mol. The largest absolute Gasteiger partial charge is 0.478 e. The monoisotopic (exact) mass is 401 g/mol. The molecule has 2 aliphatic rings. The third kappa shape index (κ3) is 3.29. The number of fused-ring (bicyclic) bond motifs is 2. The zero-order valence-corrected chi connectivity index (χ0v) is 14.9. The Hall–Kier alpha value is -2.15. The van der Waals surface area contributed by atoms with Gasteiger partial charge in [-0.15, -0.1) is 0 Å². The summed E-state index contributed by atoms with van der Waals surface area (Å²) in [5.74, 6) is -0.430. The van der Waals surface area contributed by atoms with Crippen LogP contribution in [0.2, 0.25) is 0 Å². The number of aliphatic hydroxyl groups excluding tert-OH is 1. The van der Waals surface area contributed by atoms with Crippen molar-refractivity contribution in [1.82, 2.24) is 19.5 Å². The lowest BCUT2D eigenvalue weighted by Crippen LogP contribution is -2.39. The van der Waals surface area contributed by atoms with E-state index in [1.165, 1.54) is 24.1 Å². The number of nitrogen functional groups attached to an aromatic ring is 1. The van der Waals surface area contributed by atoms with Crippen LogP contribution in [0.5, 0.6) is 0 Å². The average Bonchev–Trinajstić information content (AvgIpc) is 3.17. The molecule has 0 radical (unpaired) electrons. The highest BCUT2D eigenvalue weighted by Crippen LogP contribution is 2.56. The van der Waals surface area contributed by atoms with Crippen molar-refractivity contribution in [2.75, 3.05) is 19.1 Å². The van der Waals surface area contributed by atoms with Crippen LogP contribution in [0.1, 0.15) is 13.2 Å². The van der Waals surface area contributed by atoms with E-state index in [1.54, 1.807) is 0 Å². The van der Waals surface area contributed by atoms with Gasteiger partial charge in [-0.1, -0.05) is 0 Å². The second-order valence-corrected chi connectivity index (χ2v) is 7.46. The smallest absolute Gasteiger partial charge is 0.438 e. The molecule has 2 aromatic rings. The summed E-state index contributed by atoms with van der Waals surface area (Å²) in [6.45, 7) is 0.412. The van der Waals surface area contributed by atoms with Gasteiger partial charge in [-0.2, -0.15) is 0 Å². The molecule has 2 fully saturated rings. The molecule has 0 unspecified atom stereocenters. The van der Waals surface area contributed by atoms with Crippen LogP contribution in [0, 0.1) is 0 Å². The first kappa shape index (κ1) is 18.2. The summed E-state index contributed by atoms with van der Waals surface area (Å²) in [6, 6.07) is 0. The quantitative estimate of drug-likeness (QED) is 0.391. The van der Waals surface area contributed by atoms with Crippen LogP contribution in [0.15, 0.2) is 12.7 Å². The number of rotatable bonds is 4. The van der Waals surface area contributed by atoms with Crippen LogP contribution in [0.4, 0.5) is 5.82 Å². The standard InChI is InChI=1S/C13H16N5O8P/c1-6(19)22-5-24-27(21)23-2-7-10(26-27)9(20)13(25-7)18-4-17-8-11(14)15-3-16-12(8)18/h3-4,7,9-10,13,20H,2,5H2,1H3,(H2,14,15,16)/t7-,9-,10-,13-,27+/m1/s1. The second kappa shape index (κ2) is 6.78. The number of phosphoric acid groups is 1. The van der Waals surface area contributed by atoms with Gasteiger partial charge in [0, 0.05) is 6.92 Å². The van der Waals surface area contributed by atoms with Crippen molar-refractivity contribution in [3.05, 3.63) is 12.7 Å². The highest BCUT2D eigenvalue weighted by molar-refractivity contribution is 7.48. The Labute approximate surface area is 152 Å². The Bertz CT molecular complexity index is 921. The third-order valence-electron chi connectivity index (χ3n) is 4.09. The highest BCUT2D eigenvalue weighted by atomic mass is 31.2. The van der Waals surface area contributed by atoms with E-state index in [4.69, 9.17) is 24.0 Å². The third-order valence-corrected chi connectivity index (χ3v) is 5.48. The zero-order valence-electron chi connectivity index (χ0n) is 14.0. The number of nitrogens with two attached hydrogens (primary N) is 1. The van der Waals surface area contributed by atoms with Crippen molar-refractivity contribution >= 4 is 30.8 Å². The number of hydrogen-bond acceptors (Lipinski definition) is 12. The van der Waals surface area contributed by atoms with Gasteiger partial charge in [0.1, 0.15) is 30.2 Å². The molecule has 5 atom stereocenters. The van der Waals surface area contributed by atoms with Crippen molar-refractivity contribution in [3.63, 3.8) is 0 Å². The number of carbonyl (C=O) groups is 1. The minimum absolute atomic E-state index is 0.153. The minimum Gasteiger partial charge on any atom is -0.438 e. The van der Waals surface area contributed by atoms with Gasteiger partial charge in [-0.05, 0) is 0 Å². The number of imidazole rings is 1. The van der Waals surface area contributed by atoms with E-state index in [0.29, 0.717) is 11.2 Å². The molecule has 14 heteroatoms. The van der Waals surface area contributed by atoms with E-state index in [2.05, 4.69) is 19.7 Å². The number of ether oxygens (including phenoxy) is 2. The Morgan fingerprint density at radius 1 is 1.48 bits per heavy atom. The Balaban J connectivity index is 1.52.